The maximum atomic E-state index is 13.7. The molecule has 3 rings (SSSR count). The number of nitrogens with one attached hydrogen (secondary N) is 2. The molecule has 0 aromatic heterocycles. The zero-order valence-corrected chi connectivity index (χ0v) is 11.7. The molecule has 1 fully saturated rings. The smallest absolute Gasteiger partial charge is 0.311 e. The predicted octanol–water partition coefficient (Wildman–Crippen LogP) is 3.18. The summed E-state index contributed by atoms with van der Waals surface area (Å²) in [6, 6.07) is -0.886. The molecule has 7 heteroatoms. The molecule has 1 atom stereocenters. The second-order valence-electron chi connectivity index (χ2n) is 5.35. The van der Waals surface area contributed by atoms with E-state index in [-0.39, 0.29) is 23.6 Å². The summed E-state index contributed by atoms with van der Waals surface area (Å²) in [5.41, 5.74) is -2.53. The van der Waals surface area contributed by atoms with Gasteiger partial charge in [0.1, 0.15) is 0 Å². The van der Waals surface area contributed by atoms with Gasteiger partial charge in [0.2, 0.25) is 5.54 Å². The van der Waals surface area contributed by atoms with E-state index >= 15 is 0 Å². The minimum absolute atomic E-state index is 0.0110. The Balaban J connectivity index is 2.16. The number of urea groups is 1. The first-order valence-corrected chi connectivity index (χ1v) is 6.98. The topological polar surface area (TPSA) is 41.1 Å². The van der Waals surface area contributed by atoms with E-state index in [1.165, 1.54) is 6.08 Å². The van der Waals surface area contributed by atoms with Crippen LogP contribution in [0, 0.1) is 17.8 Å². The van der Waals surface area contributed by atoms with E-state index < -0.39 is 17.7 Å². The van der Waals surface area contributed by atoms with Gasteiger partial charge in [0.05, 0.1) is 0 Å². The first-order valence-electron chi connectivity index (χ1n) is 6.60. The van der Waals surface area contributed by atoms with Crippen LogP contribution in [0.15, 0.2) is 22.4 Å². The number of hydrogen-bond acceptors (Lipinski definition) is 1. The van der Waals surface area contributed by atoms with Gasteiger partial charge in [-0.05, 0) is 31.8 Å². The number of hydrogen-bond donors (Lipinski definition) is 2. The molecule has 0 aromatic carbocycles. The SMILES string of the molecule is O=C1NC2=C(C=C(Cl)CC2)[C@@](C#CC2CC2)(C(F)(F)F)N1. The highest BCUT2D eigenvalue weighted by Gasteiger charge is 2.60. The first-order chi connectivity index (χ1) is 9.82. The molecule has 0 aromatic rings. The van der Waals surface area contributed by atoms with Gasteiger partial charge in [-0.25, -0.2) is 4.79 Å². The molecule has 3 nitrogen and oxygen atoms in total. The largest absolute Gasteiger partial charge is 0.427 e. The van der Waals surface area contributed by atoms with Crippen molar-refractivity contribution in [2.75, 3.05) is 0 Å². The van der Waals surface area contributed by atoms with Crippen molar-refractivity contribution in [2.45, 2.75) is 37.4 Å². The Morgan fingerprint density at radius 1 is 1.33 bits per heavy atom. The highest BCUT2D eigenvalue weighted by Crippen LogP contribution is 2.43. The molecule has 2 aliphatic carbocycles. The quantitative estimate of drug-likeness (QED) is 0.662. The maximum Gasteiger partial charge on any atom is 0.427 e. The van der Waals surface area contributed by atoms with E-state index in [2.05, 4.69) is 17.2 Å². The second kappa shape index (κ2) is 4.70. The highest BCUT2D eigenvalue weighted by molar-refractivity contribution is 6.29. The lowest BCUT2D eigenvalue weighted by atomic mass is 9.82. The van der Waals surface area contributed by atoms with Crippen molar-refractivity contribution in [3.05, 3.63) is 22.4 Å². The molecule has 112 valence electrons. The molecule has 1 saturated carbocycles. The van der Waals surface area contributed by atoms with Gasteiger partial charge in [0.15, 0.2) is 0 Å². The van der Waals surface area contributed by atoms with Crippen molar-refractivity contribution in [2.24, 2.45) is 5.92 Å². The molecule has 0 bridgehead atoms. The average Bonchev–Trinajstić information content (AvgIpc) is 3.19. The lowest BCUT2D eigenvalue weighted by Gasteiger charge is -2.39. The van der Waals surface area contributed by atoms with E-state index in [1.807, 2.05) is 5.32 Å². The first kappa shape index (κ1) is 14.3. The Kier molecular flexibility index (Phi) is 3.21. The third-order valence-electron chi connectivity index (χ3n) is 3.68. The highest BCUT2D eigenvalue weighted by atomic mass is 35.5. The number of rotatable bonds is 0. The van der Waals surface area contributed by atoms with E-state index in [1.54, 1.807) is 0 Å². The number of alkyl halides is 3. The van der Waals surface area contributed by atoms with Crippen molar-refractivity contribution in [1.82, 2.24) is 10.6 Å². The summed E-state index contributed by atoms with van der Waals surface area (Å²) in [7, 11) is 0. The van der Waals surface area contributed by atoms with Gasteiger partial charge in [0, 0.05) is 22.2 Å². The number of carbonyl (C=O) groups is 1. The van der Waals surface area contributed by atoms with E-state index in [9.17, 15) is 18.0 Å². The van der Waals surface area contributed by atoms with Crippen LogP contribution in [-0.4, -0.2) is 17.7 Å². The van der Waals surface area contributed by atoms with E-state index in [4.69, 9.17) is 11.6 Å². The minimum Gasteiger partial charge on any atom is -0.311 e. The average molecular weight is 317 g/mol. The van der Waals surface area contributed by atoms with Gasteiger partial charge >= 0.3 is 12.2 Å². The Labute approximate surface area is 124 Å². The van der Waals surface area contributed by atoms with Gasteiger partial charge in [-0.1, -0.05) is 23.4 Å². The number of carbonyl (C=O) groups excluding carboxylic acids is 1. The second-order valence-corrected chi connectivity index (χ2v) is 5.84. The van der Waals surface area contributed by atoms with Crippen LogP contribution in [0.4, 0.5) is 18.0 Å². The van der Waals surface area contributed by atoms with Gasteiger partial charge in [0.25, 0.3) is 0 Å². The molecule has 0 radical (unpaired) electrons. The van der Waals surface area contributed by atoms with Crippen LogP contribution in [0.5, 0.6) is 0 Å². The Morgan fingerprint density at radius 2 is 2.05 bits per heavy atom. The zero-order chi connectivity index (χ0) is 15.3. The standard InChI is InChI=1S/C14H12ClF3N2O/c15-9-3-4-11-10(7-9)13(14(16,17)18,20-12(21)19-11)6-5-8-1-2-8/h7-8H,1-4H2,(H2,19,20,21)/t13-/m0/s1. The lowest BCUT2D eigenvalue weighted by molar-refractivity contribution is -0.165. The number of halogens is 4. The third kappa shape index (κ3) is 2.51. The predicted molar refractivity (Wildman–Crippen MR) is 71.1 cm³/mol. The normalized spacial score (nSPS) is 28.8. The molecule has 0 unspecified atom stereocenters. The van der Waals surface area contributed by atoms with Crippen LogP contribution < -0.4 is 10.6 Å². The lowest BCUT2D eigenvalue weighted by Crippen LogP contribution is -2.64. The summed E-state index contributed by atoms with van der Waals surface area (Å²) in [4.78, 5) is 11.6. The molecule has 0 spiro atoms. The van der Waals surface area contributed by atoms with Crippen LogP contribution in [-0.2, 0) is 0 Å². The summed E-state index contributed by atoms with van der Waals surface area (Å²) in [5, 5.41) is 4.72. The molecule has 2 N–H and O–H groups in total. The summed E-state index contributed by atoms with van der Waals surface area (Å²) in [6.45, 7) is 0. The fraction of sp³-hybridized carbons (Fsp3) is 0.500. The molecule has 21 heavy (non-hydrogen) atoms. The van der Waals surface area contributed by atoms with Crippen molar-refractivity contribution >= 4 is 17.6 Å². The number of amides is 2. The van der Waals surface area contributed by atoms with Crippen LogP contribution in [0.25, 0.3) is 0 Å². The van der Waals surface area contributed by atoms with Crippen molar-refractivity contribution in [1.29, 1.82) is 0 Å². The summed E-state index contributed by atoms with van der Waals surface area (Å²) in [5.74, 6) is 4.89. The van der Waals surface area contributed by atoms with Crippen LogP contribution >= 0.6 is 11.6 Å². The van der Waals surface area contributed by atoms with Crippen LogP contribution in [0.1, 0.15) is 25.7 Å². The Hall–Kier alpha value is -1.61. The fourth-order valence-electron chi connectivity index (χ4n) is 2.40. The Morgan fingerprint density at radius 3 is 2.67 bits per heavy atom. The van der Waals surface area contributed by atoms with Crippen LogP contribution in [0.3, 0.4) is 0 Å². The van der Waals surface area contributed by atoms with Gasteiger partial charge in [-0.2, -0.15) is 13.2 Å². The van der Waals surface area contributed by atoms with Crippen molar-refractivity contribution in [3.8, 4) is 11.8 Å². The minimum atomic E-state index is -4.72. The monoisotopic (exact) mass is 316 g/mol. The van der Waals surface area contributed by atoms with Gasteiger partial charge in [-0.3, -0.25) is 0 Å². The molecule has 2 amide bonds. The van der Waals surface area contributed by atoms with E-state index in [0.717, 1.165) is 12.8 Å². The van der Waals surface area contributed by atoms with Crippen LogP contribution in [0.2, 0.25) is 0 Å². The molecular formula is C14H12ClF3N2O. The number of allylic oxidation sites excluding steroid dienone is 2. The molecule has 1 heterocycles. The summed E-state index contributed by atoms with van der Waals surface area (Å²) < 4.78 is 41.1. The summed E-state index contributed by atoms with van der Waals surface area (Å²) >= 11 is 5.90. The van der Waals surface area contributed by atoms with E-state index in [0.29, 0.717) is 11.5 Å². The van der Waals surface area contributed by atoms with Crippen molar-refractivity contribution in [3.63, 3.8) is 0 Å². The third-order valence-corrected chi connectivity index (χ3v) is 3.97. The van der Waals surface area contributed by atoms with Gasteiger partial charge in [-0.15, -0.1) is 0 Å². The molecule has 3 aliphatic rings. The molecule has 0 saturated heterocycles. The molecular weight excluding hydrogens is 305 g/mol. The maximum absolute atomic E-state index is 13.7. The van der Waals surface area contributed by atoms with Crippen molar-refractivity contribution < 1.29 is 18.0 Å². The summed E-state index contributed by atoms with van der Waals surface area (Å²) in [6.07, 6.45) is -1.18. The zero-order valence-electron chi connectivity index (χ0n) is 10.9. The van der Waals surface area contributed by atoms with Gasteiger partial charge < -0.3 is 10.6 Å². The fourth-order valence-corrected chi connectivity index (χ4v) is 2.60. The molecule has 1 aliphatic heterocycles. The Bertz CT molecular complexity index is 622.